The Balaban J connectivity index is 1.31. The van der Waals surface area contributed by atoms with E-state index in [0.29, 0.717) is 0 Å². The van der Waals surface area contributed by atoms with Gasteiger partial charge in [0, 0.05) is 20.6 Å². The number of hydrogen-bond acceptors (Lipinski definition) is 4. The van der Waals surface area contributed by atoms with Crippen molar-refractivity contribution in [3.63, 3.8) is 0 Å². The third kappa shape index (κ3) is 5.43. The molecule has 0 unspecified atom stereocenters. The van der Waals surface area contributed by atoms with E-state index in [0.717, 1.165) is 10.1 Å². The van der Waals surface area contributed by atoms with E-state index in [9.17, 15) is 0 Å². The molecule has 250 valence electrons. The molecule has 6 aromatic carbocycles. The molecule has 8 rings (SSSR count). The largest absolute Gasteiger partial charge is 0.270 e. The zero-order chi connectivity index (χ0) is 35.1. The van der Waals surface area contributed by atoms with E-state index < -0.39 is 0 Å². The standard InChI is InChI=1S/C46H44N2S2/c1-43(2)45(5,6)49-41(47-43)32-22-18-30(19-23-32)39-35-16-12-13-17-36(35)40(38-28-34(26-27-37(38)39)29-14-10-9-11-15-29)31-20-24-33(25-21-31)42-48-44(3,4)46(7,8)50-42/h9-28H,1-8H3. The van der Waals surface area contributed by atoms with E-state index in [-0.39, 0.29) is 20.6 Å². The van der Waals surface area contributed by atoms with E-state index in [1.165, 1.54) is 66.1 Å². The maximum absolute atomic E-state index is 5.15. The van der Waals surface area contributed by atoms with Crippen molar-refractivity contribution in [2.45, 2.75) is 76.0 Å². The van der Waals surface area contributed by atoms with Crippen molar-refractivity contribution >= 4 is 55.2 Å². The second kappa shape index (κ2) is 11.7. The van der Waals surface area contributed by atoms with Gasteiger partial charge in [-0.15, -0.1) is 0 Å². The Morgan fingerprint density at radius 3 is 1.18 bits per heavy atom. The molecular weight excluding hydrogens is 645 g/mol. The van der Waals surface area contributed by atoms with Gasteiger partial charge in [0.2, 0.25) is 0 Å². The molecule has 2 heterocycles. The van der Waals surface area contributed by atoms with Gasteiger partial charge in [0.1, 0.15) is 0 Å². The molecule has 4 heteroatoms. The molecule has 2 aliphatic heterocycles. The normalized spacial score (nSPS) is 18.7. The van der Waals surface area contributed by atoms with Gasteiger partial charge in [-0.25, -0.2) is 0 Å². The topological polar surface area (TPSA) is 24.7 Å². The van der Waals surface area contributed by atoms with Crippen LogP contribution < -0.4 is 0 Å². The molecule has 0 bridgehead atoms. The first-order chi connectivity index (χ1) is 23.7. The van der Waals surface area contributed by atoms with Gasteiger partial charge in [0.05, 0.1) is 21.2 Å². The minimum absolute atomic E-state index is 0.0475. The monoisotopic (exact) mass is 688 g/mol. The zero-order valence-corrected chi connectivity index (χ0v) is 31.9. The van der Waals surface area contributed by atoms with E-state index >= 15 is 0 Å². The molecule has 2 nitrogen and oxygen atoms in total. The van der Waals surface area contributed by atoms with Crippen LogP contribution in [0.4, 0.5) is 0 Å². The number of thioether (sulfide) groups is 2. The van der Waals surface area contributed by atoms with E-state index in [4.69, 9.17) is 9.98 Å². The Morgan fingerprint density at radius 2 is 0.740 bits per heavy atom. The first kappa shape index (κ1) is 33.0. The fourth-order valence-corrected chi connectivity index (χ4v) is 9.59. The molecule has 0 spiro atoms. The maximum atomic E-state index is 5.15. The first-order valence-corrected chi connectivity index (χ1v) is 19.2. The summed E-state index contributed by atoms with van der Waals surface area (Å²) in [7, 11) is 0. The van der Waals surface area contributed by atoms with Crippen molar-refractivity contribution in [2.24, 2.45) is 9.98 Å². The highest BCUT2D eigenvalue weighted by Crippen LogP contribution is 2.49. The van der Waals surface area contributed by atoms with Crippen molar-refractivity contribution in [1.29, 1.82) is 0 Å². The van der Waals surface area contributed by atoms with Crippen molar-refractivity contribution in [2.75, 3.05) is 0 Å². The van der Waals surface area contributed by atoms with Crippen LogP contribution in [0.25, 0.3) is 54.9 Å². The third-order valence-corrected chi connectivity index (χ3v) is 14.4. The van der Waals surface area contributed by atoms with Crippen molar-refractivity contribution in [3.8, 4) is 33.4 Å². The third-order valence-electron chi connectivity index (χ3n) is 11.4. The van der Waals surface area contributed by atoms with Crippen molar-refractivity contribution in [3.05, 3.63) is 132 Å². The van der Waals surface area contributed by atoms with Crippen molar-refractivity contribution < 1.29 is 0 Å². The summed E-state index contributed by atoms with van der Waals surface area (Å²) in [6, 6.07) is 44.9. The summed E-state index contributed by atoms with van der Waals surface area (Å²) >= 11 is 3.77. The van der Waals surface area contributed by atoms with Crippen LogP contribution in [0.3, 0.4) is 0 Å². The number of fused-ring (bicyclic) bond motifs is 2. The predicted molar refractivity (Wildman–Crippen MR) is 222 cm³/mol. The van der Waals surface area contributed by atoms with Gasteiger partial charge in [0.15, 0.2) is 0 Å². The summed E-state index contributed by atoms with van der Waals surface area (Å²) in [6.45, 7) is 18.1. The van der Waals surface area contributed by atoms with E-state index in [2.05, 4.69) is 177 Å². The minimum atomic E-state index is -0.115. The Hall–Kier alpha value is -4.12. The Morgan fingerprint density at radius 1 is 0.360 bits per heavy atom. The maximum Gasteiger partial charge on any atom is 0.0990 e. The summed E-state index contributed by atoms with van der Waals surface area (Å²) < 4.78 is 0.0976. The number of aliphatic imine (C=N–C) groups is 2. The SMILES string of the molecule is CC1(C)N=C(c2ccc(-c3c4ccccc4c(-c4ccc(C5=NC(C)(C)C(C)(C)S5)cc4)c4cc(-c5ccccc5)ccc34)cc2)SC1(C)C. The molecule has 2 aliphatic rings. The number of hydrogen-bond donors (Lipinski definition) is 0. The van der Waals surface area contributed by atoms with Gasteiger partial charge in [-0.3, -0.25) is 9.98 Å². The average Bonchev–Trinajstić information content (AvgIpc) is 3.46. The smallest absolute Gasteiger partial charge is 0.0990 e. The molecule has 0 amide bonds. The molecule has 0 saturated heterocycles. The summed E-state index contributed by atoms with van der Waals surface area (Å²) in [4.78, 5) is 10.3. The molecule has 0 radical (unpaired) electrons. The quantitative estimate of drug-likeness (QED) is 0.168. The fourth-order valence-electron chi connectivity index (χ4n) is 6.97. The predicted octanol–water partition coefficient (Wildman–Crippen LogP) is 13.1. The lowest BCUT2D eigenvalue weighted by Gasteiger charge is -2.30. The molecule has 0 N–H and O–H groups in total. The van der Waals surface area contributed by atoms with Crippen LogP contribution in [0.15, 0.2) is 131 Å². The Bertz CT molecular complexity index is 2340. The molecular formula is C46H44N2S2. The molecule has 0 fully saturated rings. The van der Waals surface area contributed by atoms with E-state index in [1.807, 2.05) is 23.5 Å². The van der Waals surface area contributed by atoms with Gasteiger partial charge < -0.3 is 0 Å². The number of benzene rings is 6. The minimum Gasteiger partial charge on any atom is -0.270 e. The Labute approximate surface area is 305 Å². The molecule has 0 aliphatic carbocycles. The lowest BCUT2D eigenvalue weighted by atomic mass is 9.84. The van der Waals surface area contributed by atoms with Crippen LogP contribution in [0.5, 0.6) is 0 Å². The lowest BCUT2D eigenvalue weighted by Crippen LogP contribution is -2.36. The van der Waals surface area contributed by atoms with Gasteiger partial charge in [-0.1, -0.05) is 139 Å². The van der Waals surface area contributed by atoms with Gasteiger partial charge >= 0.3 is 0 Å². The van der Waals surface area contributed by atoms with Crippen molar-refractivity contribution in [1.82, 2.24) is 0 Å². The zero-order valence-electron chi connectivity index (χ0n) is 30.3. The van der Waals surface area contributed by atoms with Gasteiger partial charge in [0.25, 0.3) is 0 Å². The number of nitrogens with zero attached hydrogens (tertiary/aromatic N) is 2. The van der Waals surface area contributed by atoms with Crippen LogP contribution in [0.2, 0.25) is 0 Å². The molecule has 0 aromatic heterocycles. The summed E-state index contributed by atoms with van der Waals surface area (Å²) in [5.74, 6) is 0. The molecule has 6 aromatic rings. The Kier molecular flexibility index (Phi) is 7.74. The second-order valence-electron chi connectivity index (χ2n) is 15.8. The van der Waals surface area contributed by atoms with Crippen LogP contribution >= 0.6 is 23.5 Å². The molecule has 0 saturated carbocycles. The highest BCUT2D eigenvalue weighted by atomic mass is 32.2. The second-order valence-corrected chi connectivity index (χ2v) is 19.0. The van der Waals surface area contributed by atoms with Crippen LogP contribution in [-0.2, 0) is 0 Å². The fraction of sp³-hybridized carbons (Fsp3) is 0.261. The van der Waals surface area contributed by atoms with Crippen LogP contribution in [0.1, 0.15) is 66.5 Å². The van der Waals surface area contributed by atoms with Gasteiger partial charge in [-0.2, -0.15) is 0 Å². The van der Waals surface area contributed by atoms with Crippen LogP contribution in [-0.4, -0.2) is 30.7 Å². The summed E-state index contributed by atoms with van der Waals surface area (Å²) in [5.41, 5.74) is 9.55. The molecule has 0 atom stereocenters. The summed E-state index contributed by atoms with van der Waals surface area (Å²) in [5, 5.41) is 7.27. The molecule has 50 heavy (non-hydrogen) atoms. The van der Waals surface area contributed by atoms with E-state index in [1.54, 1.807) is 0 Å². The highest BCUT2D eigenvalue weighted by Gasteiger charge is 2.45. The lowest BCUT2D eigenvalue weighted by molar-refractivity contribution is 0.426. The van der Waals surface area contributed by atoms with Gasteiger partial charge in [-0.05, 0) is 116 Å². The van der Waals surface area contributed by atoms with Crippen LogP contribution in [0, 0.1) is 0 Å². The summed E-state index contributed by atoms with van der Waals surface area (Å²) in [6.07, 6.45) is 0. The number of rotatable bonds is 5. The first-order valence-electron chi connectivity index (χ1n) is 17.6. The highest BCUT2D eigenvalue weighted by molar-refractivity contribution is 8.16. The average molecular weight is 689 g/mol.